The zero-order chi connectivity index (χ0) is 16.2. The average Bonchev–Trinajstić information content (AvgIpc) is 3.04. The number of nitrogens with one attached hydrogen (secondary N) is 2. The number of halogens is 1. The van der Waals surface area contributed by atoms with E-state index in [9.17, 15) is 9.59 Å². The van der Waals surface area contributed by atoms with Crippen LogP contribution in [-0.4, -0.2) is 24.5 Å². The van der Waals surface area contributed by atoms with Crippen molar-refractivity contribution in [3.05, 3.63) is 23.2 Å². The molecule has 23 heavy (non-hydrogen) atoms. The normalized spacial score (nSPS) is 21.8. The van der Waals surface area contributed by atoms with Gasteiger partial charge in [-0.25, -0.2) is 0 Å². The molecule has 2 fully saturated rings. The van der Waals surface area contributed by atoms with Gasteiger partial charge in [-0.3, -0.25) is 9.59 Å². The van der Waals surface area contributed by atoms with E-state index in [0.717, 1.165) is 12.8 Å². The van der Waals surface area contributed by atoms with Crippen molar-refractivity contribution in [1.82, 2.24) is 5.32 Å². The molecule has 1 aliphatic carbocycles. The first-order valence-corrected chi connectivity index (χ1v) is 8.53. The third kappa shape index (κ3) is 4.16. The van der Waals surface area contributed by atoms with E-state index in [1.807, 2.05) is 0 Å². The maximum Gasteiger partial charge on any atom is 0.229 e. The molecule has 3 rings (SSSR count). The molecule has 1 aromatic rings. The Kier molecular flexibility index (Phi) is 5.06. The zero-order valence-electron chi connectivity index (χ0n) is 12.9. The van der Waals surface area contributed by atoms with Crippen LogP contribution in [0.1, 0.15) is 38.5 Å². The van der Waals surface area contributed by atoms with Crippen LogP contribution in [0, 0.1) is 5.92 Å². The summed E-state index contributed by atoms with van der Waals surface area (Å²) in [5.41, 5.74) is 0.649. The molecule has 0 bridgehead atoms. The summed E-state index contributed by atoms with van der Waals surface area (Å²) >= 11 is 6.26. The van der Waals surface area contributed by atoms with Gasteiger partial charge in [0.1, 0.15) is 5.75 Å². The number of piperidine rings is 1. The summed E-state index contributed by atoms with van der Waals surface area (Å²) in [6.07, 6.45) is 5.77. The van der Waals surface area contributed by atoms with Crippen molar-refractivity contribution in [2.24, 2.45) is 5.92 Å². The maximum atomic E-state index is 12.2. The molecule has 6 heteroatoms. The molecule has 2 N–H and O–H groups in total. The fourth-order valence-electron chi connectivity index (χ4n) is 3.06. The third-order valence-electron chi connectivity index (χ3n) is 4.43. The minimum Gasteiger partial charge on any atom is -0.489 e. The quantitative estimate of drug-likeness (QED) is 0.887. The number of hydrogen-bond acceptors (Lipinski definition) is 3. The van der Waals surface area contributed by atoms with E-state index in [-0.39, 0.29) is 23.8 Å². The molecule has 2 aliphatic rings. The Morgan fingerprint density at radius 2 is 2.04 bits per heavy atom. The fourth-order valence-corrected chi connectivity index (χ4v) is 3.29. The molecule has 0 aromatic heterocycles. The molecule has 0 radical (unpaired) electrons. The fraction of sp³-hybridized carbons (Fsp3) is 0.529. The molecule has 1 saturated heterocycles. The first-order valence-electron chi connectivity index (χ1n) is 8.15. The van der Waals surface area contributed by atoms with E-state index in [1.54, 1.807) is 18.2 Å². The molecule has 1 heterocycles. The lowest BCUT2D eigenvalue weighted by atomic mass is 9.98. The number of rotatable bonds is 4. The molecule has 124 valence electrons. The molecule has 0 spiro atoms. The second kappa shape index (κ2) is 7.21. The summed E-state index contributed by atoms with van der Waals surface area (Å²) in [4.78, 5) is 23.4. The lowest BCUT2D eigenvalue weighted by Gasteiger charge is -2.22. The first kappa shape index (κ1) is 16.1. The largest absolute Gasteiger partial charge is 0.489 e. The molecule has 1 saturated carbocycles. The van der Waals surface area contributed by atoms with Gasteiger partial charge in [0, 0.05) is 18.7 Å². The Bertz CT molecular complexity index is 590. The van der Waals surface area contributed by atoms with Gasteiger partial charge in [-0.15, -0.1) is 0 Å². The Balaban J connectivity index is 1.58. The summed E-state index contributed by atoms with van der Waals surface area (Å²) in [7, 11) is 0. The van der Waals surface area contributed by atoms with Gasteiger partial charge in [-0.05, 0) is 50.3 Å². The Hall–Kier alpha value is -1.75. The van der Waals surface area contributed by atoms with Gasteiger partial charge in [0.15, 0.2) is 0 Å². The van der Waals surface area contributed by atoms with Crippen molar-refractivity contribution in [1.29, 1.82) is 0 Å². The van der Waals surface area contributed by atoms with Crippen molar-refractivity contribution in [2.45, 2.75) is 44.6 Å². The van der Waals surface area contributed by atoms with Gasteiger partial charge in [0.05, 0.1) is 17.0 Å². The van der Waals surface area contributed by atoms with E-state index in [4.69, 9.17) is 16.3 Å². The number of hydrogen-bond donors (Lipinski definition) is 2. The lowest BCUT2D eigenvalue weighted by molar-refractivity contribution is -0.126. The minimum atomic E-state index is -0.194. The van der Waals surface area contributed by atoms with Crippen LogP contribution in [-0.2, 0) is 9.59 Å². The van der Waals surface area contributed by atoms with Crippen LogP contribution >= 0.6 is 11.6 Å². The van der Waals surface area contributed by atoms with Gasteiger partial charge in [0.2, 0.25) is 11.8 Å². The van der Waals surface area contributed by atoms with Crippen molar-refractivity contribution in [2.75, 3.05) is 11.9 Å². The third-order valence-corrected chi connectivity index (χ3v) is 4.73. The Morgan fingerprint density at radius 1 is 1.26 bits per heavy atom. The van der Waals surface area contributed by atoms with Crippen molar-refractivity contribution in [3.8, 4) is 5.75 Å². The van der Waals surface area contributed by atoms with E-state index < -0.39 is 0 Å². The number of benzene rings is 1. The van der Waals surface area contributed by atoms with Gasteiger partial charge in [0.25, 0.3) is 0 Å². The Morgan fingerprint density at radius 3 is 2.70 bits per heavy atom. The minimum absolute atomic E-state index is 0.00510. The van der Waals surface area contributed by atoms with Crippen LogP contribution in [0.2, 0.25) is 5.02 Å². The first-order chi connectivity index (χ1) is 11.1. The highest BCUT2D eigenvalue weighted by atomic mass is 35.5. The highest BCUT2D eigenvalue weighted by Crippen LogP contribution is 2.32. The molecule has 1 aromatic carbocycles. The molecule has 2 amide bonds. The van der Waals surface area contributed by atoms with E-state index in [0.29, 0.717) is 35.8 Å². The second-order valence-electron chi connectivity index (χ2n) is 6.20. The highest BCUT2D eigenvalue weighted by molar-refractivity contribution is 6.32. The predicted molar refractivity (Wildman–Crippen MR) is 88.7 cm³/mol. The summed E-state index contributed by atoms with van der Waals surface area (Å²) in [5.74, 6) is 0.387. The standard InChI is InChI=1S/C17H21ClN2O3/c18-14-9-12(6-7-15(14)23-13-3-1-2-4-13)20-17(22)11-5-8-16(21)19-10-11/h6-7,9,11,13H,1-5,8,10H2,(H,19,21)(H,20,22)/t11-/m0/s1. The summed E-state index contributed by atoms with van der Waals surface area (Å²) in [6.45, 7) is 0.390. The highest BCUT2D eigenvalue weighted by Gasteiger charge is 2.24. The predicted octanol–water partition coefficient (Wildman–Crippen LogP) is 3.13. The van der Waals surface area contributed by atoms with E-state index in [2.05, 4.69) is 10.6 Å². The average molecular weight is 337 g/mol. The van der Waals surface area contributed by atoms with Crippen molar-refractivity contribution in [3.63, 3.8) is 0 Å². The maximum absolute atomic E-state index is 12.2. The van der Waals surface area contributed by atoms with Crippen LogP contribution in [0.25, 0.3) is 0 Å². The van der Waals surface area contributed by atoms with Crippen LogP contribution in [0.4, 0.5) is 5.69 Å². The zero-order valence-corrected chi connectivity index (χ0v) is 13.7. The topological polar surface area (TPSA) is 67.4 Å². The molecule has 5 nitrogen and oxygen atoms in total. The van der Waals surface area contributed by atoms with Crippen LogP contribution in [0.3, 0.4) is 0 Å². The van der Waals surface area contributed by atoms with Crippen molar-refractivity contribution < 1.29 is 14.3 Å². The number of ether oxygens (including phenoxy) is 1. The number of carbonyl (C=O) groups excluding carboxylic acids is 2. The second-order valence-corrected chi connectivity index (χ2v) is 6.61. The van der Waals surface area contributed by atoms with E-state index in [1.165, 1.54) is 12.8 Å². The van der Waals surface area contributed by atoms with Gasteiger partial charge >= 0.3 is 0 Å². The van der Waals surface area contributed by atoms with Gasteiger partial charge in [-0.2, -0.15) is 0 Å². The molecule has 1 atom stereocenters. The smallest absolute Gasteiger partial charge is 0.229 e. The molecular formula is C17H21ClN2O3. The SMILES string of the molecule is O=C1CC[C@H](C(=O)Nc2ccc(OC3CCCC3)c(Cl)c2)CN1. The van der Waals surface area contributed by atoms with Gasteiger partial charge < -0.3 is 15.4 Å². The summed E-state index contributed by atoms with van der Waals surface area (Å²) in [5, 5.41) is 6.08. The van der Waals surface area contributed by atoms with E-state index >= 15 is 0 Å². The van der Waals surface area contributed by atoms with Crippen molar-refractivity contribution >= 4 is 29.1 Å². The summed E-state index contributed by atoms with van der Waals surface area (Å²) in [6, 6.07) is 5.32. The van der Waals surface area contributed by atoms with Crippen LogP contribution in [0.5, 0.6) is 5.75 Å². The Labute approximate surface area is 140 Å². The summed E-state index contributed by atoms with van der Waals surface area (Å²) < 4.78 is 5.90. The number of amides is 2. The van der Waals surface area contributed by atoms with Gasteiger partial charge in [-0.1, -0.05) is 11.6 Å². The number of anilines is 1. The monoisotopic (exact) mass is 336 g/mol. The molecule has 1 aliphatic heterocycles. The number of carbonyl (C=O) groups is 2. The van der Waals surface area contributed by atoms with Crippen LogP contribution < -0.4 is 15.4 Å². The lowest BCUT2D eigenvalue weighted by Crippen LogP contribution is -2.40. The van der Waals surface area contributed by atoms with Crippen LogP contribution in [0.15, 0.2) is 18.2 Å². The molecule has 0 unspecified atom stereocenters. The molecular weight excluding hydrogens is 316 g/mol.